The normalized spacial score (nSPS) is 10.7. The van der Waals surface area contributed by atoms with Crippen molar-refractivity contribution < 1.29 is 4.79 Å². The number of nitrogens with one attached hydrogen (secondary N) is 1. The molecule has 0 bridgehead atoms. The van der Waals surface area contributed by atoms with E-state index < -0.39 is 0 Å². The number of hydrogen-bond acceptors (Lipinski definition) is 5. The zero-order chi connectivity index (χ0) is 14.0. The van der Waals surface area contributed by atoms with Crippen LogP contribution >= 0.6 is 27.5 Å². The van der Waals surface area contributed by atoms with Gasteiger partial charge in [-0.15, -0.1) is 5.10 Å². The number of anilines is 2. The largest absolute Gasteiger partial charge is 0.398 e. The van der Waals surface area contributed by atoms with Crippen molar-refractivity contribution in [1.82, 2.24) is 9.59 Å². The number of carbonyl (C=O) groups excluding carboxylic acids is 1. The average molecular weight is 341 g/mol. The summed E-state index contributed by atoms with van der Waals surface area (Å²) in [6, 6.07) is 5.24. The molecule has 1 heterocycles. The predicted octanol–water partition coefficient (Wildman–Crippen LogP) is 3.26. The number of amides is 1. The van der Waals surface area contributed by atoms with Gasteiger partial charge >= 0.3 is 0 Å². The molecule has 0 spiro atoms. The van der Waals surface area contributed by atoms with Gasteiger partial charge in [0, 0.05) is 15.8 Å². The minimum Gasteiger partial charge on any atom is -0.398 e. The second kappa shape index (κ2) is 5.66. The maximum Gasteiger partial charge on any atom is 0.269 e. The summed E-state index contributed by atoms with van der Waals surface area (Å²) in [6.07, 6.45) is 0. The highest BCUT2D eigenvalue weighted by Crippen LogP contribution is 2.25. The van der Waals surface area contributed by atoms with Crippen molar-refractivity contribution in [3.05, 3.63) is 33.2 Å². The molecule has 0 aliphatic rings. The van der Waals surface area contributed by atoms with E-state index in [2.05, 4.69) is 30.8 Å². The Morgan fingerprint density at radius 1 is 1.47 bits per heavy atom. The Morgan fingerprint density at radius 2 is 2.21 bits per heavy atom. The molecule has 2 rings (SSSR count). The molecule has 5 nitrogen and oxygen atoms in total. The lowest BCUT2D eigenvalue weighted by Gasteiger charge is -2.07. The van der Waals surface area contributed by atoms with Crippen LogP contribution in [-0.4, -0.2) is 15.5 Å². The van der Waals surface area contributed by atoms with Crippen molar-refractivity contribution in [3.8, 4) is 0 Å². The standard InChI is InChI=1S/C12H13BrN4OS/c1-6(2)10-11(19-17-16-10)12(18)15-7-3-4-9(14)8(13)5-7/h3-6H,14H2,1-2H3,(H,15,18). The fourth-order valence-electron chi connectivity index (χ4n) is 1.53. The molecule has 19 heavy (non-hydrogen) atoms. The van der Waals surface area contributed by atoms with Crippen molar-refractivity contribution >= 4 is 44.7 Å². The number of nitrogens with two attached hydrogens (primary N) is 1. The Morgan fingerprint density at radius 3 is 2.84 bits per heavy atom. The monoisotopic (exact) mass is 340 g/mol. The number of benzene rings is 1. The molecule has 0 atom stereocenters. The summed E-state index contributed by atoms with van der Waals surface area (Å²) in [7, 11) is 0. The number of rotatable bonds is 3. The molecule has 0 radical (unpaired) electrons. The van der Waals surface area contributed by atoms with E-state index in [4.69, 9.17) is 5.73 Å². The first kappa shape index (κ1) is 14.0. The smallest absolute Gasteiger partial charge is 0.269 e. The van der Waals surface area contributed by atoms with Crippen LogP contribution < -0.4 is 11.1 Å². The SMILES string of the molecule is CC(C)c1nnsc1C(=O)Nc1ccc(N)c(Br)c1. The zero-order valence-corrected chi connectivity index (χ0v) is 12.9. The van der Waals surface area contributed by atoms with Gasteiger partial charge in [0.25, 0.3) is 5.91 Å². The van der Waals surface area contributed by atoms with Crippen molar-refractivity contribution in [2.75, 3.05) is 11.1 Å². The van der Waals surface area contributed by atoms with Gasteiger partial charge in [0.05, 0.1) is 5.69 Å². The van der Waals surface area contributed by atoms with Gasteiger partial charge in [-0.05, 0) is 51.6 Å². The number of aromatic nitrogens is 2. The van der Waals surface area contributed by atoms with E-state index in [0.29, 0.717) is 16.3 Å². The molecule has 3 N–H and O–H groups in total. The summed E-state index contributed by atoms with van der Waals surface area (Å²) in [4.78, 5) is 12.7. The second-order valence-corrected chi connectivity index (χ2v) is 5.94. The summed E-state index contributed by atoms with van der Waals surface area (Å²) in [6.45, 7) is 3.96. The van der Waals surface area contributed by atoms with Crippen LogP contribution in [0, 0.1) is 0 Å². The number of halogens is 1. The van der Waals surface area contributed by atoms with Crippen molar-refractivity contribution in [2.24, 2.45) is 0 Å². The second-order valence-electron chi connectivity index (χ2n) is 4.33. The van der Waals surface area contributed by atoms with Gasteiger partial charge in [-0.1, -0.05) is 18.3 Å². The van der Waals surface area contributed by atoms with E-state index >= 15 is 0 Å². The Bertz CT molecular complexity index is 612. The van der Waals surface area contributed by atoms with Gasteiger partial charge < -0.3 is 11.1 Å². The molecule has 0 aliphatic heterocycles. The highest BCUT2D eigenvalue weighted by molar-refractivity contribution is 9.10. The van der Waals surface area contributed by atoms with Gasteiger partial charge in [0.2, 0.25) is 0 Å². The van der Waals surface area contributed by atoms with E-state index in [9.17, 15) is 4.79 Å². The van der Waals surface area contributed by atoms with Crippen LogP contribution in [0.2, 0.25) is 0 Å². The minimum atomic E-state index is -0.199. The first-order valence-corrected chi connectivity index (χ1v) is 7.24. The van der Waals surface area contributed by atoms with Gasteiger partial charge in [-0.2, -0.15) is 0 Å². The molecule has 0 unspecified atom stereocenters. The Kier molecular flexibility index (Phi) is 4.16. The lowest BCUT2D eigenvalue weighted by atomic mass is 10.1. The predicted molar refractivity (Wildman–Crippen MR) is 80.5 cm³/mol. The number of hydrogen-bond donors (Lipinski definition) is 2. The fourth-order valence-corrected chi connectivity index (χ4v) is 2.62. The van der Waals surface area contributed by atoms with Crippen molar-refractivity contribution in [1.29, 1.82) is 0 Å². The molecule has 1 aromatic carbocycles. The van der Waals surface area contributed by atoms with Gasteiger partial charge in [0.15, 0.2) is 0 Å². The van der Waals surface area contributed by atoms with E-state index in [0.717, 1.165) is 21.7 Å². The Balaban J connectivity index is 2.21. The maximum atomic E-state index is 12.2. The number of carbonyl (C=O) groups is 1. The molecule has 1 aromatic heterocycles. The van der Waals surface area contributed by atoms with E-state index in [1.165, 1.54) is 0 Å². The molecular weight excluding hydrogens is 328 g/mol. The average Bonchev–Trinajstić information content (AvgIpc) is 2.83. The summed E-state index contributed by atoms with van der Waals surface area (Å²) in [5.74, 6) is -0.0342. The first-order valence-electron chi connectivity index (χ1n) is 5.67. The summed E-state index contributed by atoms with van der Waals surface area (Å²) in [5, 5.41) is 6.80. The minimum absolute atomic E-state index is 0.164. The Labute approximate surface area is 123 Å². The van der Waals surface area contributed by atoms with E-state index in [1.807, 2.05) is 13.8 Å². The van der Waals surface area contributed by atoms with E-state index in [1.54, 1.807) is 18.2 Å². The molecule has 1 amide bonds. The maximum absolute atomic E-state index is 12.2. The molecular formula is C12H13BrN4OS. The molecule has 0 saturated carbocycles. The van der Waals surface area contributed by atoms with Crippen LogP contribution in [0.5, 0.6) is 0 Å². The van der Waals surface area contributed by atoms with Gasteiger partial charge in [-0.25, -0.2) is 0 Å². The van der Waals surface area contributed by atoms with Crippen molar-refractivity contribution in [2.45, 2.75) is 19.8 Å². The number of nitrogen functional groups attached to an aromatic ring is 1. The molecule has 100 valence electrons. The van der Waals surface area contributed by atoms with Crippen LogP contribution in [0.4, 0.5) is 11.4 Å². The van der Waals surface area contributed by atoms with Crippen LogP contribution in [0.25, 0.3) is 0 Å². The lowest BCUT2D eigenvalue weighted by molar-refractivity contribution is 0.102. The third-order valence-electron chi connectivity index (χ3n) is 2.52. The number of nitrogens with zero attached hydrogens (tertiary/aromatic N) is 2. The quantitative estimate of drug-likeness (QED) is 0.840. The van der Waals surface area contributed by atoms with Crippen LogP contribution in [-0.2, 0) is 0 Å². The first-order chi connectivity index (χ1) is 8.99. The highest BCUT2D eigenvalue weighted by atomic mass is 79.9. The molecule has 2 aromatic rings. The third kappa shape index (κ3) is 3.10. The Hall–Kier alpha value is -1.47. The lowest BCUT2D eigenvalue weighted by Crippen LogP contribution is -2.13. The zero-order valence-electron chi connectivity index (χ0n) is 10.5. The topological polar surface area (TPSA) is 80.9 Å². The van der Waals surface area contributed by atoms with Crippen LogP contribution in [0.1, 0.15) is 35.1 Å². The molecule has 0 aliphatic carbocycles. The van der Waals surface area contributed by atoms with Crippen LogP contribution in [0.3, 0.4) is 0 Å². The van der Waals surface area contributed by atoms with Crippen LogP contribution in [0.15, 0.2) is 22.7 Å². The molecule has 0 fully saturated rings. The van der Waals surface area contributed by atoms with Gasteiger partial charge in [0.1, 0.15) is 4.88 Å². The highest BCUT2D eigenvalue weighted by Gasteiger charge is 2.18. The molecule has 7 heteroatoms. The molecule has 0 saturated heterocycles. The van der Waals surface area contributed by atoms with E-state index in [-0.39, 0.29) is 11.8 Å². The summed E-state index contributed by atoms with van der Waals surface area (Å²) in [5.41, 5.74) is 7.72. The summed E-state index contributed by atoms with van der Waals surface area (Å²) >= 11 is 4.43. The van der Waals surface area contributed by atoms with Gasteiger partial charge in [-0.3, -0.25) is 4.79 Å². The fraction of sp³-hybridized carbons (Fsp3) is 0.250. The third-order valence-corrected chi connectivity index (χ3v) is 3.95. The summed E-state index contributed by atoms with van der Waals surface area (Å²) < 4.78 is 4.59. The van der Waals surface area contributed by atoms with Crippen molar-refractivity contribution in [3.63, 3.8) is 0 Å².